The number of ether oxygens (including phenoxy) is 2. The van der Waals surface area contributed by atoms with Crippen molar-refractivity contribution in [2.75, 3.05) is 47.4 Å². The molecule has 1 amide bonds. The Balaban J connectivity index is 1.36. The molecule has 1 unspecified atom stereocenters. The topological polar surface area (TPSA) is 84.7 Å². The van der Waals surface area contributed by atoms with Gasteiger partial charge < -0.3 is 24.3 Å². The third-order valence-corrected chi connectivity index (χ3v) is 6.49. The second kappa shape index (κ2) is 10.3. The van der Waals surface area contributed by atoms with Crippen molar-refractivity contribution in [2.45, 2.75) is 38.9 Å². The Kier molecular flexibility index (Phi) is 7.26. The third-order valence-electron chi connectivity index (χ3n) is 6.49. The number of carbonyl (C=O) groups is 1. The van der Waals surface area contributed by atoms with Crippen LogP contribution in [0.3, 0.4) is 0 Å². The van der Waals surface area contributed by atoms with E-state index < -0.39 is 0 Å². The van der Waals surface area contributed by atoms with Crippen LogP contribution < -0.4 is 14.8 Å². The molecule has 0 saturated carbocycles. The van der Waals surface area contributed by atoms with Gasteiger partial charge in [0, 0.05) is 44.7 Å². The van der Waals surface area contributed by atoms with Crippen LogP contribution in [-0.4, -0.2) is 77.9 Å². The van der Waals surface area contributed by atoms with Crippen molar-refractivity contribution >= 4 is 5.91 Å². The largest absolute Gasteiger partial charge is 0.493 e. The van der Waals surface area contributed by atoms with E-state index in [1.54, 1.807) is 14.2 Å². The van der Waals surface area contributed by atoms with Gasteiger partial charge in [-0.25, -0.2) is 0 Å². The Labute approximate surface area is 189 Å². The fourth-order valence-corrected chi connectivity index (χ4v) is 4.73. The van der Waals surface area contributed by atoms with E-state index in [1.165, 1.54) is 0 Å². The molecule has 1 saturated heterocycles. The Hall–Kier alpha value is -2.65. The zero-order valence-corrected chi connectivity index (χ0v) is 19.3. The molecule has 4 rings (SSSR count). The van der Waals surface area contributed by atoms with Crippen LogP contribution in [0.5, 0.6) is 11.5 Å². The van der Waals surface area contributed by atoms with Gasteiger partial charge in [0.05, 0.1) is 26.7 Å². The van der Waals surface area contributed by atoms with Crippen LogP contribution in [0.25, 0.3) is 0 Å². The van der Waals surface area contributed by atoms with Gasteiger partial charge in [-0.3, -0.25) is 9.69 Å². The monoisotopic (exact) mass is 442 g/mol. The first kappa shape index (κ1) is 22.5. The minimum absolute atomic E-state index is 0.0635. The van der Waals surface area contributed by atoms with Gasteiger partial charge in [-0.1, -0.05) is 12.1 Å². The van der Waals surface area contributed by atoms with Gasteiger partial charge in [-0.05, 0) is 32.5 Å². The zero-order valence-electron chi connectivity index (χ0n) is 19.3. The molecule has 1 aromatic heterocycles. The van der Waals surface area contributed by atoms with E-state index in [0.29, 0.717) is 6.54 Å². The summed E-state index contributed by atoms with van der Waals surface area (Å²) in [6.45, 7) is 5.66. The summed E-state index contributed by atoms with van der Waals surface area (Å²) in [5, 5.41) is 11.9. The number of rotatable bonds is 7. The molecule has 0 bridgehead atoms. The van der Waals surface area contributed by atoms with E-state index in [1.807, 2.05) is 12.1 Å². The van der Waals surface area contributed by atoms with Crippen molar-refractivity contribution in [3.8, 4) is 11.5 Å². The maximum Gasteiger partial charge on any atom is 0.224 e. The smallest absolute Gasteiger partial charge is 0.224 e. The first-order valence-corrected chi connectivity index (χ1v) is 11.4. The van der Waals surface area contributed by atoms with Gasteiger partial charge in [-0.2, -0.15) is 0 Å². The SMILES string of the molecule is COc1cccc(CN2CCc3nnc(CNC(=O)C4CCCN(C)C4)n3CC2)c1OC. The van der Waals surface area contributed by atoms with Crippen molar-refractivity contribution in [1.29, 1.82) is 0 Å². The van der Waals surface area contributed by atoms with Crippen LogP contribution in [0.15, 0.2) is 18.2 Å². The molecule has 0 aliphatic carbocycles. The number of methoxy groups -OCH3 is 2. The van der Waals surface area contributed by atoms with Crippen molar-refractivity contribution in [2.24, 2.45) is 5.92 Å². The number of piperidine rings is 1. The lowest BCUT2D eigenvalue weighted by atomic mass is 9.98. The second-order valence-corrected chi connectivity index (χ2v) is 8.68. The first-order chi connectivity index (χ1) is 15.6. The maximum atomic E-state index is 12.6. The summed E-state index contributed by atoms with van der Waals surface area (Å²) in [5.41, 5.74) is 1.11. The third kappa shape index (κ3) is 5.05. The molecule has 3 heterocycles. The predicted octanol–water partition coefficient (Wildman–Crippen LogP) is 1.31. The molecule has 0 radical (unpaired) electrons. The number of nitrogens with one attached hydrogen (secondary N) is 1. The first-order valence-electron chi connectivity index (χ1n) is 11.4. The van der Waals surface area contributed by atoms with E-state index in [0.717, 1.165) is 87.2 Å². The van der Waals surface area contributed by atoms with Crippen LogP contribution in [0, 0.1) is 5.92 Å². The molecule has 32 heavy (non-hydrogen) atoms. The Morgan fingerprint density at radius 3 is 2.81 bits per heavy atom. The average Bonchev–Trinajstić information content (AvgIpc) is 3.09. The molecule has 1 N–H and O–H groups in total. The Morgan fingerprint density at radius 1 is 1.16 bits per heavy atom. The van der Waals surface area contributed by atoms with Gasteiger partial charge in [0.15, 0.2) is 17.3 Å². The number of carbonyl (C=O) groups excluding carboxylic acids is 1. The van der Waals surface area contributed by atoms with E-state index in [9.17, 15) is 4.79 Å². The number of nitrogens with zero attached hydrogens (tertiary/aromatic N) is 5. The van der Waals surface area contributed by atoms with Crippen LogP contribution >= 0.6 is 0 Å². The second-order valence-electron chi connectivity index (χ2n) is 8.68. The van der Waals surface area contributed by atoms with Crippen molar-refractivity contribution < 1.29 is 14.3 Å². The van der Waals surface area contributed by atoms with E-state index in [2.05, 4.69) is 43.0 Å². The Morgan fingerprint density at radius 2 is 2.03 bits per heavy atom. The maximum absolute atomic E-state index is 12.6. The van der Waals surface area contributed by atoms with Gasteiger partial charge in [-0.15, -0.1) is 10.2 Å². The van der Waals surface area contributed by atoms with Crippen LogP contribution in [0.4, 0.5) is 0 Å². The van der Waals surface area contributed by atoms with Gasteiger partial charge >= 0.3 is 0 Å². The molecule has 0 spiro atoms. The number of amides is 1. The fourth-order valence-electron chi connectivity index (χ4n) is 4.73. The highest BCUT2D eigenvalue weighted by molar-refractivity contribution is 5.78. The van der Waals surface area contributed by atoms with Crippen molar-refractivity contribution in [1.82, 2.24) is 29.9 Å². The summed E-state index contributed by atoms with van der Waals surface area (Å²) in [7, 11) is 5.41. The zero-order chi connectivity index (χ0) is 22.5. The normalized spacial score (nSPS) is 19.8. The quantitative estimate of drug-likeness (QED) is 0.692. The van der Waals surface area contributed by atoms with Crippen molar-refractivity contribution in [3.63, 3.8) is 0 Å². The predicted molar refractivity (Wildman–Crippen MR) is 121 cm³/mol. The number of para-hydroxylation sites is 1. The molecule has 1 aromatic carbocycles. The highest BCUT2D eigenvalue weighted by atomic mass is 16.5. The Bertz CT molecular complexity index is 930. The minimum atomic E-state index is 0.0635. The summed E-state index contributed by atoms with van der Waals surface area (Å²) in [5.74, 6) is 3.53. The average molecular weight is 443 g/mol. The number of benzene rings is 1. The number of hydrogen-bond donors (Lipinski definition) is 1. The molecule has 9 heteroatoms. The fraction of sp³-hybridized carbons (Fsp3) is 0.609. The molecule has 2 aromatic rings. The number of fused-ring (bicyclic) bond motifs is 1. The van der Waals surface area contributed by atoms with Crippen LogP contribution in [0.2, 0.25) is 0 Å². The summed E-state index contributed by atoms with van der Waals surface area (Å²) in [6, 6.07) is 5.99. The minimum Gasteiger partial charge on any atom is -0.493 e. The standard InChI is InChI=1S/C23H34N6O3/c1-27-10-5-7-18(15-27)23(30)24-14-21-26-25-20-9-11-28(12-13-29(20)21)16-17-6-4-8-19(31-2)22(17)32-3/h4,6,8,18H,5,7,9-16H2,1-3H3,(H,24,30). The van der Waals surface area contributed by atoms with Gasteiger partial charge in [0.2, 0.25) is 5.91 Å². The lowest BCUT2D eigenvalue weighted by molar-refractivity contribution is -0.126. The van der Waals surface area contributed by atoms with E-state index in [-0.39, 0.29) is 11.8 Å². The molecule has 2 aliphatic heterocycles. The summed E-state index contributed by atoms with van der Waals surface area (Å²) in [4.78, 5) is 17.2. The molecular formula is C23H34N6O3. The molecule has 1 fully saturated rings. The number of hydrogen-bond acceptors (Lipinski definition) is 7. The van der Waals surface area contributed by atoms with Gasteiger partial charge in [0.1, 0.15) is 5.82 Å². The molecular weight excluding hydrogens is 408 g/mol. The lowest BCUT2D eigenvalue weighted by Crippen LogP contribution is -2.41. The lowest BCUT2D eigenvalue weighted by Gasteiger charge is -2.28. The van der Waals surface area contributed by atoms with Crippen LogP contribution in [0.1, 0.15) is 30.1 Å². The molecule has 1 atom stereocenters. The summed E-state index contributed by atoms with van der Waals surface area (Å²) < 4.78 is 13.2. The van der Waals surface area contributed by atoms with E-state index in [4.69, 9.17) is 9.47 Å². The number of aromatic nitrogens is 3. The highest BCUT2D eigenvalue weighted by Crippen LogP contribution is 2.31. The number of likely N-dealkylation sites (tertiary alicyclic amines) is 1. The van der Waals surface area contributed by atoms with Crippen molar-refractivity contribution in [3.05, 3.63) is 35.4 Å². The van der Waals surface area contributed by atoms with E-state index >= 15 is 0 Å². The molecule has 174 valence electrons. The van der Waals surface area contributed by atoms with Crippen LogP contribution in [-0.2, 0) is 30.8 Å². The van der Waals surface area contributed by atoms with Gasteiger partial charge in [0.25, 0.3) is 0 Å². The summed E-state index contributed by atoms with van der Waals surface area (Å²) in [6.07, 6.45) is 2.85. The summed E-state index contributed by atoms with van der Waals surface area (Å²) >= 11 is 0. The molecule has 9 nitrogen and oxygen atoms in total. The highest BCUT2D eigenvalue weighted by Gasteiger charge is 2.25. The molecule has 2 aliphatic rings.